The molecule has 0 saturated carbocycles. The van der Waals surface area contributed by atoms with Gasteiger partial charge in [-0.15, -0.1) is 0 Å². The number of likely N-dealkylation sites (N-methyl/N-ethyl adjacent to an activating group) is 1. The number of amides is 1. The van der Waals surface area contributed by atoms with E-state index in [1.807, 2.05) is 19.1 Å². The molecule has 8 heteroatoms. The van der Waals surface area contributed by atoms with Gasteiger partial charge in [0.1, 0.15) is 11.3 Å². The van der Waals surface area contributed by atoms with E-state index < -0.39 is 0 Å². The number of thiazole rings is 1. The van der Waals surface area contributed by atoms with Crippen molar-refractivity contribution in [1.82, 2.24) is 9.88 Å². The lowest BCUT2D eigenvalue weighted by Crippen LogP contribution is -2.39. The molecule has 2 aromatic carbocycles. The molecule has 160 valence electrons. The molecule has 0 spiro atoms. The Morgan fingerprint density at radius 1 is 1.13 bits per heavy atom. The second kappa shape index (κ2) is 9.96. The summed E-state index contributed by atoms with van der Waals surface area (Å²) in [4.78, 5) is 22.3. The maximum Gasteiger partial charge on any atom is 0.261 e. The van der Waals surface area contributed by atoms with Crippen molar-refractivity contribution < 1.29 is 9.53 Å². The smallest absolute Gasteiger partial charge is 0.261 e. The van der Waals surface area contributed by atoms with Gasteiger partial charge >= 0.3 is 0 Å². The number of aryl methyl sites for hydroxylation is 1. The zero-order valence-corrected chi connectivity index (χ0v) is 19.9. The highest BCUT2D eigenvalue weighted by Crippen LogP contribution is 2.37. The van der Waals surface area contributed by atoms with Crippen LogP contribution in [0.1, 0.15) is 29.8 Å². The van der Waals surface area contributed by atoms with E-state index in [1.165, 1.54) is 11.3 Å². The van der Waals surface area contributed by atoms with Gasteiger partial charge in [-0.1, -0.05) is 54.5 Å². The molecule has 0 fully saturated rings. The number of methoxy groups -OCH3 is 1. The lowest BCUT2D eigenvalue weighted by Gasteiger charge is -2.25. The maximum absolute atomic E-state index is 13.5. The zero-order valence-electron chi connectivity index (χ0n) is 17.5. The van der Waals surface area contributed by atoms with Gasteiger partial charge < -0.3 is 9.64 Å². The van der Waals surface area contributed by atoms with Crippen molar-refractivity contribution in [3.05, 3.63) is 51.5 Å². The largest absolute Gasteiger partial charge is 0.494 e. The molecule has 1 amide bonds. The number of carbonyl (C=O) groups is 1. The molecule has 1 heterocycles. The van der Waals surface area contributed by atoms with Crippen LogP contribution in [0.4, 0.5) is 5.13 Å². The quantitative estimate of drug-likeness (QED) is 0.414. The van der Waals surface area contributed by atoms with Gasteiger partial charge in [0, 0.05) is 18.1 Å². The van der Waals surface area contributed by atoms with Crippen LogP contribution in [0.3, 0.4) is 0 Å². The average molecular weight is 466 g/mol. The fraction of sp³-hybridized carbons (Fsp3) is 0.364. The molecule has 3 rings (SSSR count). The molecule has 0 aliphatic carbocycles. The van der Waals surface area contributed by atoms with Crippen molar-refractivity contribution in [3.63, 3.8) is 0 Å². The number of anilines is 1. The Bertz CT molecular complexity index is 1050. The van der Waals surface area contributed by atoms with Crippen LogP contribution in [0.2, 0.25) is 10.0 Å². The first-order valence-electron chi connectivity index (χ1n) is 9.82. The van der Waals surface area contributed by atoms with Gasteiger partial charge in [0.2, 0.25) is 0 Å². The molecule has 30 heavy (non-hydrogen) atoms. The van der Waals surface area contributed by atoms with Crippen molar-refractivity contribution in [3.8, 4) is 5.75 Å². The van der Waals surface area contributed by atoms with Crippen molar-refractivity contribution in [1.29, 1.82) is 0 Å². The van der Waals surface area contributed by atoms with Crippen LogP contribution < -0.4 is 9.64 Å². The molecule has 0 aliphatic rings. The second-order valence-corrected chi connectivity index (χ2v) is 8.69. The number of carbonyl (C=O) groups excluding carboxylic acids is 1. The summed E-state index contributed by atoms with van der Waals surface area (Å²) >= 11 is 14.0. The highest BCUT2D eigenvalue weighted by Gasteiger charge is 2.25. The van der Waals surface area contributed by atoms with Gasteiger partial charge in [-0.25, -0.2) is 4.98 Å². The van der Waals surface area contributed by atoms with Crippen molar-refractivity contribution in [2.24, 2.45) is 0 Å². The van der Waals surface area contributed by atoms with E-state index in [0.29, 0.717) is 33.0 Å². The molecular formula is C22H25Cl2N3O2S. The first-order chi connectivity index (χ1) is 14.4. The predicted molar refractivity (Wildman–Crippen MR) is 127 cm³/mol. The molecule has 0 unspecified atom stereocenters. The van der Waals surface area contributed by atoms with Crippen molar-refractivity contribution in [2.75, 3.05) is 38.2 Å². The topological polar surface area (TPSA) is 45.7 Å². The summed E-state index contributed by atoms with van der Waals surface area (Å²) in [5, 5.41) is 1.45. The standard InChI is InChI=1S/C22H25Cl2N3O2S/c1-5-26(6-2)11-12-27(21(28)16-13-15(23)8-9-17(16)24)22-25-19-18(29-4)10-7-14(3)20(19)30-22/h7-10,13H,5-6,11-12H2,1-4H3. The summed E-state index contributed by atoms with van der Waals surface area (Å²) in [5.74, 6) is 0.473. The van der Waals surface area contributed by atoms with Crippen LogP contribution in [-0.4, -0.2) is 49.1 Å². The SMILES string of the molecule is CCN(CC)CCN(C(=O)c1cc(Cl)ccc1Cl)c1nc2c(OC)ccc(C)c2s1. The Morgan fingerprint density at radius 3 is 2.53 bits per heavy atom. The minimum atomic E-state index is -0.217. The minimum Gasteiger partial charge on any atom is -0.494 e. The molecule has 0 N–H and O–H groups in total. The molecule has 0 aliphatic heterocycles. The normalized spacial score (nSPS) is 11.3. The molecule has 0 atom stereocenters. The number of benzene rings is 2. The molecule has 0 bridgehead atoms. The van der Waals surface area contributed by atoms with E-state index in [0.717, 1.165) is 35.4 Å². The van der Waals surface area contributed by atoms with E-state index in [4.69, 9.17) is 32.9 Å². The van der Waals surface area contributed by atoms with Crippen LogP contribution in [0, 0.1) is 6.92 Å². The Balaban J connectivity index is 2.07. The summed E-state index contributed by atoms with van der Waals surface area (Å²) in [6.45, 7) is 9.27. The number of nitrogens with zero attached hydrogens (tertiary/aromatic N) is 3. The Hall–Kier alpha value is -1.86. The number of halogens is 2. The first-order valence-corrected chi connectivity index (χ1v) is 11.4. The summed E-state index contributed by atoms with van der Waals surface area (Å²) in [6, 6.07) is 8.82. The van der Waals surface area contributed by atoms with Crippen LogP contribution in [-0.2, 0) is 0 Å². The van der Waals surface area contributed by atoms with Crippen LogP contribution >= 0.6 is 34.5 Å². The summed E-state index contributed by atoms with van der Waals surface area (Å²) < 4.78 is 6.48. The average Bonchev–Trinajstić information content (AvgIpc) is 3.19. The summed E-state index contributed by atoms with van der Waals surface area (Å²) in [7, 11) is 1.62. The second-order valence-electron chi connectivity index (χ2n) is 6.87. The minimum absolute atomic E-state index is 0.217. The van der Waals surface area contributed by atoms with Crippen LogP contribution in [0.5, 0.6) is 5.75 Å². The van der Waals surface area contributed by atoms with Gasteiger partial charge in [-0.3, -0.25) is 9.69 Å². The number of fused-ring (bicyclic) bond motifs is 1. The Kier molecular flexibility index (Phi) is 7.58. The highest BCUT2D eigenvalue weighted by atomic mass is 35.5. The first kappa shape index (κ1) is 22.8. The van der Waals surface area contributed by atoms with Gasteiger partial charge in [0.15, 0.2) is 5.13 Å². The summed E-state index contributed by atoms with van der Waals surface area (Å²) in [6.07, 6.45) is 0. The van der Waals surface area contributed by atoms with E-state index in [-0.39, 0.29) is 5.91 Å². The van der Waals surface area contributed by atoms with E-state index in [9.17, 15) is 4.79 Å². The Morgan fingerprint density at radius 2 is 1.87 bits per heavy atom. The zero-order chi connectivity index (χ0) is 21.8. The number of ether oxygens (including phenoxy) is 1. The van der Waals surface area contributed by atoms with E-state index in [2.05, 4.69) is 18.7 Å². The van der Waals surface area contributed by atoms with Gasteiger partial charge in [-0.2, -0.15) is 0 Å². The van der Waals surface area contributed by atoms with Gasteiger partial charge in [0.25, 0.3) is 5.91 Å². The van der Waals surface area contributed by atoms with E-state index >= 15 is 0 Å². The molecule has 0 radical (unpaired) electrons. The molecule has 1 aromatic heterocycles. The lowest BCUT2D eigenvalue weighted by molar-refractivity contribution is 0.0984. The predicted octanol–water partition coefficient (Wildman–Crippen LogP) is 5.91. The van der Waals surface area contributed by atoms with Gasteiger partial charge in [-0.05, 0) is 49.8 Å². The maximum atomic E-state index is 13.5. The monoisotopic (exact) mass is 465 g/mol. The highest BCUT2D eigenvalue weighted by molar-refractivity contribution is 7.22. The number of hydrogen-bond acceptors (Lipinski definition) is 5. The fourth-order valence-corrected chi connectivity index (χ4v) is 4.70. The third-order valence-electron chi connectivity index (χ3n) is 5.08. The third-order valence-corrected chi connectivity index (χ3v) is 6.86. The van der Waals surface area contributed by atoms with Crippen LogP contribution in [0.25, 0.3) is 10.2 Å². The van der Waals surface area contributed by atoms with Crippen LogP contribution in [0.15, 0.2) is 30.3 Å². The van der Waals surface area contributed by atoms with Gasteiger partial charge in [0.05, 0.1) is 22.4 Å². The third kappa shape index (κ3) is 4.72. The molecule has 3 aromatic rings. The Labute approximate surface area is 191 Å². The fourth-order valence-electron chi connectivity index (χ4n) is 3.25. The molecule has 0 saturated heterocycles. The number of hydrogen-bond donors (Lipinski definition) is 0. The number of rotatable bonds is 8. The lowest BCUT2D eigenvalue weighted by atomic mass is 10.2. The van der Waals surface area contributed by atoms with E-state index in [1.54, 1.807) is 30.2 Å². The van der Waals surface area contributed by atoms with Crippen molar-refractivity contribution >= 4 is 55.8 Å². The molecular weight excluding hydrogens is 441 g/mol. The summed E-state index contributed by atoms with van der Waals surface area (Å²) in [5.41, 5.74) is 2.22. The number of aromatic nitrogens is 1. The molecule has 5 nitrogen and oxygen atoms in total. The van der Waals surface area contributed by atoms with Crippen molar-refractivity contribution in [2.45, 2.75) is 20.8 Å².